The minimum Gasteiger partial charge on any atom is -0.351 e. The molecule has 5 heteroatoms. The largest absolute Gasteiger partial charge is 0.351 e. The van der Waals surface area contributed by atoms with Crippen molar-refractivity contribution < 1.29 is 13.7 Å². The Labute approximate surface area is 69.4 Å². The van der Waals surface area contributed by atoms with E-state index in [9.17, 15) is 9.46 Å². The molecule has 0 saturated carbocycles. The van der Waals surface area contributed by atoms with E-state index in [1.54, 1.807) is 0 Å². The summed E-state index contributed by atoms with van der Waals surface area (Å²) in [4.78, 5) is 9.22. The summed E-state index contributed by atoms with van der Waals surface area (Å²) in [6.07, 6.45) is 0.968. The second-order valence-corrected chi connectivity index (χ2v) is 10.2. The van der Waals surface area contributed by atoms with Crippen LogP contribution in [0.2, 0.25) is 19.6 Å². The zero-order chi connectivity index (χ0) is 9.12. The van der Waals surface area contributed by atoms with Crippen LogP contribution in [-0.2, 0) is 8.78 Å². The lowest BCUT2D eigenvalue weighted by Crippen LogP contribution is -2.24. The topological polar surface area (TPSA) is 46.5 Å². The predicted octanol–water partition coefficient (Wildman–Crippen LogP) is 2.43. The van der Waals surface area contributed by atoms with Crippen LogP contribution in [0.4, 0.5) is 0 Å². The summed E-state index contributed by atoms with van der Waals surface area (Å²) in [5.74, 6) is 0. The summed E-state index contributed by atoms with van der Waals surface area (Å²) in [7, 11) is -5.10. The van der Waals surface area contributed by atoms with Crippen molar-refractivity contribution in [2.45, 2.75) is 33.0 Å². The Kier molecular flexibility index (Phi) is 3.98. The molecular formula is C6H17O3PSi. The van der Waals surface area contributed by atoms with Crippen LogP contribution in [0, 0.1) is 0 Å². The van der Waals surface area contributed by atoms with E-state index in [1.807, 2.05) is 26.6 Å². The van der Waals surface area contributed by atoms with Crippen molar-refractivity contribution in [3.8, 4) is 0 Å². The van der Waals surface area contributed by atoms with E-state index in [-0.39, 0.29) is 6.16 Å². The fraction of sp³-hybridized carbons (Fsp3) is 1.00. The molecule has 0 rings (SSSR count). The van der Waals surface area contributed by atoms with Gasteiger partial charge in [-0.15, -0.1) is 0 Å². The van der Waals surface area contributed by atoms with Crippen LogP contribution in [0.3, 0.4) is 0 Å². The van der Waals surface area contributed by atoms with Crippen molar-refractivity contribution in [1.29, 1.82) is 0 Å². The van der Waals surface area contributed by atoms with Crippen molar-refractivity contribution in [1.82, 2.24) is 0 Å². The van der Waals surface area contributed by atoms with Crippen LogP contribution in [-0.4, -0.2) is 19.4 Å². The fourth-order valence-electron chi connectivity index (χ4n) is 0.756. The minimum atomic E-state index is -3.25. The summed E-state index contributed by atoms with van der Waals surface area (Å²) in [6, 6.07) is 0. The Morgan fingerprint density at radius 2 is 1.91 bits per heavy atom. The lowest BCUT2D eigenvalue weighted by Gasteiger charge is -2.21. The van der Waals surface area contributed by atoms with E-state index in [0.29, 0.717) is 6.42 Å². The van der Waals surface area contributed by atoms with Crippen LogP contribution >= 0.6 is 7.60 Å². The van der Waals surface area contributed by atoms with Crippen LogP contribution in [0.5, 0.6) is 0 Å². The zero-order valence-corrected chi connectivity index (χ0v) is 9.52. The summed E-state index contributed by atoms with van der Waals surface area (Å²) < 4.78 is 16.3. The average molecular weight is 196 g/mol. The summed E-state index contributed by atoms with van der Waals surface area (Å²) >= 11 is 0. The Balaban J connectivity index is 4.03. The molecule has 1 atom stereocenters. The number of rotatable bonds is 4. The Bertz CT molecular complexity index is 164. The number of hydrogen-bond donors (Lipinski definition) is 1. The maximum Gasteiger partial charge on any atom is 0.318 e. The third-order valence-electron chi connectivity index (χ3n) is 0.923. The number of hydrogen-bond acceptors (Lipinski definition) is 2. The van der Waals surface area contributed by atoms with Gasteiger partial charge in [0.25, 0.3) is 0 Å². The third kappa shape index (κ3) is 6.75. The molecular weight excluding hydrogens is 179 g/mol. The molecule has 0 heterocycles. The van der Waals surface area contributed by atoms with Crippen LogP contribution < -0.4 is 0 Å². The van der Waals surface area contributed by atoms with E-state index < -0.39 is 15.9 Å². The molecule has 0 fully saturated rings. The summed E-state index contributed by atoms with van der Waals surface area (Å²) in [5, 5.41) is 0. The third-order valence-corrected chi connectivity index (χ3v) is 5.27. The Morgan fingerprint density at radius 3 is 2.18 bits per heavy atom. The molecule has 1 N–H and O–H groups in total. The monoisotopic (exact) mass is 196 g/mol. The normalized spacial score (nSPS) is 17.9. The lowest BCUT2D eigenvalue weighted by atomic mass is 10.6. The zero-order valence-electron chi connectivity index (χ0n) is 7.63. The van der Waals surface area contributed by atoms with E-state index in [0.717, 1.165) is 0 Å². The standard InChI is InChI=1S/C6H17O3PSi/c1-5-6-10(7,8)9-11(2,3)4/h5-6H2,1-4H3,(H,7,8). The van der Waals surface area contributed by atoms with Gasteiger partial charge in [0.2, 0.25) is 0 Å². The van der Waals surface area contributed by atoms with E-state index >= 15 is 0 Å². The Morgan fingerprint density at radius 1 is 1.45 bits per heavy atom. The predicted molar refractivity (Wildman–Crippen MR) is 49.4 cm³/mol. The molecule has 0 aromatic carbocycles. The van der Waals surface area contributed by atoms with Gasteiger partial charge in [-0.3, -0.25) is 4.57 Å². The molecule has 0 saturated heterocycles. The maximum atomic E-state index is 11.2. The van der Waals surface area contributed by atoms with E-state index in [2.05, 4.69) is 0 Å². The first-order valence-corrected chi connectivity index (χ1v) is 8.96. The second-order valence-electron chi connectivity index (χ2n) is 3.56. The van der Waals surface area contributed by atoms with Gasteiger partial charge in [-0.1, -0.05) is 6.92 Å². The SMILES string of the molecule is CCCP(=O)(O)O[Si](C)(C)C. The van der Waals surface area contributed by atoms with Gasteiger partial charge in [-0.05, 0) is 26.1 Å². The fourth-order valence-corrected chi connectivity index (χ4v) is 5.11. The van der Waals surface area contributed by atoms with Crippen molar-refractivity contribution >= 4 is 15.9 Å². The Hall–Kier alpha value is 0.367. The molecule has 0 radical (unpaired) electrons. The summed E-state index contributed by atoms with van der Waals surface area (Å²) in [6.45, 7) is 7.60. The molecule has 0 aromatic rings. The van der Waals surface area contributed by atoms with Gasteiger partial charge in [0.15, 0.2) is 8.32 Å². The van der Waals surface area contributed by atoms with Gasteiger partial charge in [0, 0.05) is 6.16 Å². The smallest absolute Gasteiger partial charge is 0.318 e. The second kappa shape index (κ2) is 3.85. The van der Waals surface area contributed by atoms with Gasteiger partial charge in [0.1, 0.15) is 0 Å². The highest BCUT2D eigenvalue weighted by Crippen LogP contribution is 2.45. The van der Waals surface area contributed by atoms with Crippen LogP contribution in [0.25, 0.3) is 0 Å². The first-order chi connectivity index (χ1) is 4.77. The highest BCUT2D eigenvalue weighted by molar-refractivity contribution is 7.54. The molecule has 11 heavy (non-hydrogen) atoms. The van der Waals surface area contributed by atoms with Gasteiger partial charge < -0.3 is 9.11 Å². The summed E-state index contributed by atoms with van der Waals surface area (Å²) in [5.41, 5.74) is 0. The molecule has 0 aromatic heterocycles. The van der Waals surface area contributed by atoms with Crippen molar-refractivity contribution in [2.24, 2.45) is 0 Å². The highest BCUT2D eigenvalue weighted by Gasteiger charge is 2.27. The molecule has 0 aliphatic rings. The molecule has 1 unspecified atom stereocenters. The van der Waals surface area contributed by atoms with Gasteiger partial charge >= 0.3 is 7.60 Å². The minimum absolute atomic E-state index is 0.275. The highest BCUT2D eigenvalue weighted by atomic mass is 31.2. The molecule has 3 nitrogen and oxygen atoms in total. The van der Waals surface area contributed by atoms with E-state index in [4.69, 9.17) is 4.21 Å². The van der Waals surface area contributed by atoms with Crippen molar-refractivity contribution in [3.63, 3.8) is 0 Å². The maximum absolute atomic E-state index is 11.2. The lowest BCUT2D eigenvalue weighted by molar-refractivity contribution is 0.377. The molecule has 68 valence electrons. The molecule has 0 aliphatic heterocycles. The first-order valence-electron chi connectivity index (χ1n) is 3.79. The first kappa shape index (κ1) is 11.4. The molecule has 0 aliphatic carbocycles. The molecule has 0 bridgehead atoms. The van der Waals surface area contributed by atoms with Gasteiger partial charge in [-0.25, -0.2) is 0 Å². The van der Waals surface area contributed by atoms with Crippen molar-refractivity contribution in [2.75, 3.05) is 6.16 Å². The van der Waals surface area contributed by atoms with Crippen molar-refractivity contribution in [3.05, 3.63) is 0 Å². The van der Waals surface area contributed by atoms with Crippen LogP contribution in [0.1, 0.15) is 13.3 Å². The van der Waals surface area contributed by atoms with Crippen LogP contribution in [0.15, 0.2) is 0 Å². The average Bonchev–Trinajstić information content (AvgIpc) is 1.55. The quantitative estimate of drug-likeness (QED) is 0.555. The van der Waals surface area contributed by atoms with Gasteiger partial charge in [0.05, 0.1) is 0 Å². The molecule has 0 spiro atoms. The van der Waals surface area contributed by atoms with Gasteiger partial charge in [-0.2, -0.15) is 0 Å². The molecule has 0 amide bonds. The van der Waals surface area contributed by atoms with E-state index in [1.165, 1.54) is 0 Å².